The van der Waals surface area contributed by atoms with Gasteiger partial charge in [0.2, 0.25) is 0 Å². The van der Waals surface area contributed by atoms with Gasteiger partial charge in [-0.05, 0) is 12.1 Å². The molecule has 0 heterocycles. The monoisotopic (exact) mass is 400 g/mol. The van der Waals surface area contributed by atoms with E-state index in [2.05, 4.69) is 10.7 Å². The van der Waals surface area contributed by atoms with E-state index in [-0.39, 0.29) is 16.9 Å². The normalized spacial score (nSPS) is 9.71. The molecule has 0 fully saturated rings. The topological polar surface area (TPSA) is 223 Å². The summed E-state index contributed by atoms with van der Waals surface area (Å²) in [5, 5.41) is 18.6. The number of hydrogen-bond acceptors (Lipinski definition) is 10. The van der Waals surface area contributed by atoms with Gasteiger partial charge in [0, 0.05) is 12.1 Å². The zero-order chi connectivity index (χ0) is 21.6. The highest BCUT2D eigenvalue weighted by Crippen LogP contribution is 2.24. The van der Waals surface area contributed by atoms with Crippen molar-refractivity contribution in [2.24, 2.45) is 5.90 Å². The number of benzene rings is 2. The molecule has 2 rings (SSSR count). The third-order valence-corrected chi connectivity index (χ3v) is 3.16. The fourth-order valence-corrected chi connectivity index (χ4v) is 1.79. The zero-order valence-corrected chi connectivity index (χ0v) is 13.8. The van der Waals surface area contributed by atoms with Crippen LogP contribution in [0.25, 0.3) is 0 Å². The quantitative estimate of drug-likeness (QED) is 0.180. The number of rotatable bonds is 3. The lowest BCUT2D eigenvalue weighted by atomic mass is 10.1. The summed E-state index contributed by atoms with van der Waals surface area (Å²) >= 11 is 0. The Bertz CT molecular complexity index is 939. The largest absolute Gasteiger partial charge is 0.397 e. The predicted octanol–water partition coefficient (Wildman–Crippen LogP) is 0.456. The first-order valence-corrected chi connectivity index (χ1v) is 6.96. The fourth-order valence-electron chi connectivity index (χ4n) is 1.79. The molecule has 0 saturated heterocycles. The van der Waals surface area contributed by atoms with Crippen molar-refractivity contribution in [3.05, 3.63) is 57.1 Å². The zero-order valence-electron chi connectivity index (χ0n) is 13.8. The second-order valence-corrected chi connectivity index (χ2v) is 4.96. The number of anilines is 3. The van der Waals surface area contributed by atoms with Gasteiger partial charge in [-0.25, -0.2) is 19.1 Å². The van der Waals surface area contributed by atoms with Crippen LogP contribution in [0, 0.1) is 21.7 Å². The molecule has 0 saturated carbocycles. The average molecular weight is 400 g/mol. The molecule has 150 valence electrons. The smallest absolute Gasteiger partial charge is 0.359 e. The van der Waals surface area contributed by atoms with Crippen LogP contribution in [0.4, 0.5) is 31.5 Å². The Hall–Kier alpha value is -4.04. The first-order valence-electron chi connectivity index (χ1n) is 6.96. The van der Waals surface area contributed by atoms with Crippen LogP contribution in [0.15, 0.2) is 24.3 Å². The highest BCUT2D eigenvalue weighted by molar-refractivity contribution is 5.95. The molecule has 0 aromatic heterocycles. The second-order valence-electron chi connectivity index (χ2n) is 4.96. The molecule has 0 radical (unpaired) electrons. The molecule has 12 nitrogen and oxygen atoms in total. The van der Waals surface area contributed by atoms with Crippen molar-refractivity contribution in [3.8, 4) is 0 Å². The van der Waals surface area contributed by atoms with E-state index in [1.54, 1.807) is 0 Å². The Labute approximate surface area is 154 Å². The summed E-state index contributed by atoms with van der Waals surface area (Å²) in [5.74, 6) is 0.523. The lowest BCUT2D eigenvalue weighted by Gasteiger charge is -2.04. The SMILES string of the molecule is NOC(=O)c1cc(N)c(N)cc1F.Nc1cc(F)c(C(=O)NO)cc1[N+](=O)[O-]. The number of nitrogen functional groups attached to an aromatic ring is 3. The van der Waals surface area contributed by atoms with E-state index >= 15 is 0 Å². The number of carbonyl (C=O) groups excluding carboxylic acids is 2. The fraction of sp³-hybridized carbons (Fsp3) is 0. The third-order valence-electron chi connectivity index (χ3n) is 3.16. The molecule has 28 heavy (non-hydrogen) atoms. The van der Waals surface area contributed by atoms with Crippen molar-refractivity contribution in [3.63, 3.8) is 0 Å². The van der Waals surface area contributed by atoms with E-state index in [9.17, 15) is 28.5 Å². The van der Waals surface area contributed by atoms with Crippen molar-refractivity contribution in [2.75, 3.05) is 17.2 Å². The molecular formula is C14H14F2N6O6. The number of halogens is 2. The Balaban J connectivity index is 0.000000283. The molecule has 0 bridgehead atoms. The Morgan fingerprint density at radius 2 is 1.50 bits per heavy atom. The highest BCUT2D eigenvalue weighted by atomic mass is 19.1. The number of nitrogens with zero attached hydrogens (tertiary/aromatic N) is 1. The minimum absolute atomic E-state index is 0.0612. The van der Waals surface area contributed by atoms with Gasteiger partial charge in [-0.2, -0.15) is 5.90 Å². The van der Waals surface area contributed by atoms with Crippen LogP contribution >= 0.6 is 0 Å². The van der Waals surface area contributed by atoms with Gasteiger partial charge in [0.15, 0.2) is 0 Å². The first-order chi connectivity index (χ1) is 13.0. The van der Waals surface area contributed by atoms with E-state index < -0.39 is 45.4 Å². The van der Waals surface area contributed by atoms with E-state index in [4.69, 9.17) is 22.4 Å². The van der Waals surface area contributed by atoms with Crippen molar-refractivity contribution < 1.29 is 33.3 Å². The molecule has 2 aromatic carbocycles. The van der Waals surface area contributed by atoms with Crippen LogP contribution in [-0.4, -0.2) is 22.0 Å². The molecule has 14 heteroatoms. The maximum absolute atomic E-state index is 13.1. The number of nitro benzene ring substituents is 1. The molecule has 0 aliphatic rings. The van der Waals surface area contributed by atoms with Crippen LogP contribution < -0.4 is 28.6 Å². The van der Waals surface area contributed by atoms with Gasteiger partial charge in [0.05, 0.1) is 27.4 Å². The van der Waals surface area contributed by atoms with Crippen LogP contribution in [0.5, 0.6) is 0 Å². The molecule has 10 N–H and O–H groups in total. The molecule has 1 amide bonds. The molecule has 2 aromatic rings. The van der Waals surface area contributed by atoms with E-state index in [1.807, 2.05) is 0 Å². The summed E-state index contributed by atoms with van der Waals surface area (Å²) in [7, 11) is 0. The standard InChI is InChI=1S/C7H6FN3O4.C7H8FN3O2/c8-4-2-5(9)6(11(14)15)1-3(4)7(12)10-13;8-4-2-6(10)5(9)1-3(4)7(12)13-11/h1-2,13H,9H2,(H,10,12);1-2H,9-11H2. The van der Waals surface area contributed by atoms with Gasteiger partial charge in [0.25, 0.3) is 11.6 Å². The van der Waals surface area contributed by atoms with E-state index in [0.717, 1.165) is 12.1 Å². The van der Waals surface area contributed by atoms with E-state index in [0.29, 0.717) is 12.1 Å². The number of nitrogens with one attached hydrogen (secondary N) is 1. The van der Waals surface area contributed by atoms with Crippen molar-refractivity contribution in [1.82, 2.24) is 5.48 Å². The number of nitro groups is 1. The van der Waals surface area contributed by atoms with Crippen LogP contribution in [0.2, 0.25) is 0 Å². The molecule has 0 aliphatic carbocycles. The highest BCUT2D eigenvalue weighted by Gasteiger charge is 2.20. The Kier molecular flexibility index (Phi) is 7.12. The number of hydroxylamine groups is 1. The summed E-state index contributed by atoms with van der Waals surface area (Å²) < 4.78 is 26.0. The first kappa shape index (κ1) is 22.0. The Morgan fingerprint density at radius 1 is 1.00 bits per heavy atom. The van der Waals surface area contributed by atoms with Crippen molar-refractivity contribution in [2.45, 2.75) is 0 Å². The van der Waals surface area contributed by atoms with Gasteiger partial charge < -0.3 is 22.0 Å². The maximum atomic E-state index is 13.1. The molecule has 0 aliphatic heterocycles. The summed E-state index contributed by atoms with van der Waals surface area (Å²) in [6.07, 6.45) is 0. The van der Waals surface area contributed by atoms with Crippen LogP contribution in [0.3, 0.4) is 0 Å². The average Bonchev–Trinajstić information content (AvgIpc) is 2.63. The molecule has 0 atom stereocenters. The van der Waals surface area contributed by atoms with E-state index in [1.165, 1.54) is 5.48 Å². The molecule has 0 unspecified atom stereocenters. The Morgan fingerprint density at radius 3 is 2.00 bits per heavy atom. The van der Waals surface area contributed by atoms with Crippen molar-refractivity contribution >= 4 is 34.6 Å². The number of carbonyl (C=O) groups is 2. The lowest BCUT2D eigenvalue weighted by molar-refractivity contribution is -0.384. The summed E-state index contributed by atoms with van der Waals surface area (Å²) in [4.78, 5) is 35.1. The van der Waals surface area contributed by atoms with Gasteiger partial charge in [-0.1, -0.05) is 0 Å². The minimum atomic E-state index is -1.18. The maximum Gasteiger partial charge on any atom is 0.359 e. The number of amides is 1. The predicted molar refractivity (Wildman–Crippen MR) is 91.5 cm³/mol. The van der Waals surface area contributed by atoms with Crippen LogP contribution in [-0.2, 0) is 4.84 Å². The molecule has 0 spiro atoms. The van der Waals surface area contributed by atoms with Gasteiger partial charge in [-0.3, -0.25) is 20.1 Å². The summed E-state index contributed by atoms with van der Waals surface area (Å²) in [6, 6.07) is 3.29. The van der Waals surface area contributed by atoms with Crippen molar-refractivity contribution in [1.29, 1.82) is 0 Å². The third kappa shape index (κ3) is 4.99. The van der Waals surface area contributed by atoms with Gasteiger partial charge >= 0.3 is 5.97 Å². The molecular weight excluding hydrogens is 386 g/mol. The van der Waals surface area contributed by atoms with Crippen LogP contribution in [0.1, 0.15) is 20.7 Å². The second kappa shape index (κ2) is 9.06. The van der Waals surface area contributed by atoms with Gasteiger partial charge in [-0.15, -0.1) is 0 Å². The number of hydrogen-bond donors (Lipinski definition) is 6. The number of nitrogens with two attached hydrogens (primary N) is 4. The summed E-state index contributed by atoms with van der Waals surface area (Å²) in [6.45, 7) is 0. The minimum Gasteiger partial charge on any atom is -0.397 e. The summed E-state index contributed by atoms with van der Waals surface area (Å²) in [5.41, 5.74) is 15.1. The lowest BCUT2D eigenvalue weighted by Crippen LogP contribution is -2.20. The van der Waals surface area contributed by atoms with Gasteiger partial charge in [0.1, 0.15) is 17.3 Å².